The van der Waals surface area contributed by atoms with Gasteiger partial charge in [0.05, 0.1) is 12.1 Å². The Bertz CT molecular complexity index is 490. The summed E-state index contributed by atoms with van der Waals surface area (Å²) in [5.74, 6) is -0.575. The largest absolute Gasteiger partial charge is 0.507 e. The number of benzene rings is 1. The van der Waals surface area contributed by atoms with Gasteiger partial charge in [-0.3, -0.25) is 9.59 Å². The number of carbonyl (C=O) groups excluding carboxylic acids is 2. The molecule has 1 aliphatic rings. The summed E-state index contributed by atoms with van der Waals surface area (Å²) in [6.45, 7) is 1.11. The molecule has 18 heavy (non-hydrogen) atoms. The van der Waals surface area contributed by atoms with Crippen molar-refractivity contribution in [3.63, 3.8) is 0 Å². The maximum absolute atomic E-state index is 12.2. The molecule has 2 amide bonds. The lowest BCUT2D eigenvalue weighted by Gasteiger charge is -2.19. The number of phenols is 1. The molecule has 6 heteroatoms. The van der Waals surface area contributed by atoms with Crippen molar-refractivity contribution in [2.75, 3.05) is 19.6 Å². The highest BCUT2D eigenvalue weighted by Crippen LogP contribution is 2.23. The minimum atomic E-state index is -0.328. The van der Waals surface area contributed by atoms with Gasteiger partial charge in [0, 0.05) is 17.6 Å². The molecule has 1 aromatic carbocycles. The Hall–Kier alpha value is -1.56. The van der Waals surface area contributed by atoms with Gasteiger partial charge in [-0.25, -0.2) is 0 Å². The Morgan fingerprint density at radius 2 is 2.22 bits per heavy atom. The molecule has 96 valence electrons. The summed E-state index contributed by atoms with van der Waals surface area (Å²) in [4.78, 5) is 25.1. The number of phenolic OH excluding ortho intramolecular Hbond substituents is 1. The number of nitrogens with zero attached hydrogens (tertiary/aromatic N) is 1. The monoisotopic (exact) mass is 312 g/mol. The third-order valence-corrected chi connectivity index (χ3v) is 3.23. The molecule has 1 saturated heterocycles. The minimum absolute atomic E-state index is 0.0325. The smallest absolute Gasteiger partial charge is 0.258 e. The Balaban J connectivity index is 2.24. The zero-order chi connectivity index (χ0) is 13.1. The SMILES string of the molecule is O=C1CN(C(=O)c2cc(Br)ccc2O)CCCN1. The molecule has 0 unspecified atom stereocenters. The molecule has 2 rings (SSSR count). The maximum Gasteiger partial charge on any atom is 0.258 e. The number of hydrogen-bond donors (Lipinski definition) is 2. The van der Waals surface area contributed by atoms with E-state index < -0.39 is 0 Å². The van der Waals surface area contributed by atoms with Crippen LogP contribution < -0.4 is 5.32 Å². The van der Waals surface area contributed by atoms with Gasteiger partial charge in [0.25, 0.3) is 5.91 Å². The average Bonchev–Trinajstić information content (AvgIpc) is 2.56. The predicted molar refractivity (Wildman–Crippen MR) is 69.3 cm³/mol. The van der Waals surface area contributed by atoms with Gasteiger partial charge in [0.2, 0.25) is 5.91 Å². The normalized spacial score (nSPS) is 16.1. The van der Waals surface area contributed by atoms with E-state index in [0.717, 1.165) is 0 Å². The summed E-state index contributed by atoms with van der Waals surface area (Å²) < 4.78 is 0.711. The summed E-state index contributed by atoms with van der Waals surface area (Å²) in [5, 5.41) is 12.4. The predicted octanol–water partition coefficient (Wildman–Crippen LogP) is 1.12. The maximum atomic E-state index is 12.2. The third-order valence-electron chi connectivity index (χ3n) is 2.74. The molecule has 1 aromatic rings. The molecule has 0 aliphatic carbocycles. The van der Waals surface area contributed by atoms with E-state index in [4.69, 9.17) is 0 Å². The second kappa shape index (κ2) is 5.39. The van der Waals surface area contributed by atoms with E-state index >= 15 is 0 Å². The minimum Gasteiger partial charge on any atom is -0.507 e. The molecule has 1 fully saturated rings. The van der Waals surface area contributed by atoms with E-state index in [1.54, 1.807) is 12.1 Å². The van der Waals surface area contributed by atoms with E-state index in [2.05, 4.69) is 21.2 Å². The number of nitrogens with one attached hydrogen (secondary N) is 1. The molecule has 0 atom stereocenters. The standard InChI is InChI=1S/C12H13BrN2O3/c13-8-2-3-10(16)9(6-8)12(18)15-5-1-4-14-11(17)7-15/h2-3,6,16H,1,4-5,7H2,(H,14,17). The fourth-order valence-electron chi connectivity index (χ4n) is 1.83. The van der Waals surface area contributed by atoms with Gasteiger partial charge in [-0.05, 0) is 24.6 Å². The van der Waals surface area contributed by atoms with Crippen molar-refractivity contribution in [2.45, 2.75) is 6.42 Å². The Kier molecular flexibility index (Phi) is 3.86. The fourth-order valence-corrected chi connectivity index (χ4v) is 2.19. The zero-order valence-corrected chi connectivity index (χ0v) is 11.2. The van der Waals surface area contributed by atoms with Gasteiger partial charge in [0.15, 0.2) is 0 Å². The van der Waals surface area contributed by atoms with Crippen molar-refractivity contribution in [3.05, 3.63) is 28.2 Å². The number of amides is 2. The van der Waals surface area contributed by atoms with Crippen LogP contribution >= 0.6 is 15.9 Å². The van der Waals surface area contributed by atoms with Crippen molar-refractivity contribution in [3.8, 4) is 5.75 Å². The number of rotatable bonds is 1. The van der Waals surface area contributed by atoms with Crippen LogP contribution in [0.4, 0.5) is 0 Å². The van der Waals surface area contributed by atoms with Crippen LogP contribution in [-0.4, -0.2) is 41.5 Å². The second-order valence-corrected chi connectivity index (χ2v) is 5.01. The molecule has 5 nitrogen and oxygen atoms in total. The molecule has 0 spiro atoms. The Morgan fingerprint density at radius 1 is 1.44 bits per heavy atom. The lowest BCUT2D eigenvalue weighted by atomic mass is 10.1. The summed E-state index contributed by atoms with van der Waals surface area (Å²) in [7, 11) is 0. The number of carbonyl (C=O) groups is 2. The quantitative estimate of drug-likeness (QED) is 0.816. The van der Waals surface area contributed by atoms with Crippen LogP contribution in [0.2, 0.25) is 0 Å². The van der Waals surface area contributed by atoms with Crippen LogP contribution in [0, 0.1) is 0 Å². The van der Waals surface area contributed by atoms with Crippen molar-refractivity contribution < 1.29 is 14.7 Å². The first-order valence-corrected chi connectivity index (χ1v) is 6.42. The average molecular weight is 313 g/mol. The third kappa shape index (κ3) is 2.81. The van der Waals surface area contributed by atoms with Crippen molar-refractivity contribution in [2.24, 2.45) is 0 Å². The van der Waals surface area contributed by atoms with Crippen LogP contribution in [0.5, 0.6) is 5.75 Å². The molecule has 1 aliphatic heterocycles. The molecule has 0 aromatic heterocycles. The molecule has 1 heterocycles. The lowest BCUT2D eigenvalue weighted by Crippen LogP contribution is -2.37. The van der Waals surface area contributed by atoms with Crippen LogP contribution in [0.15, 0.2) is 22.7 Å². The summed E-state index contributed by atoms with van der Waals surface area (Å²) in [5.41, 5.74) is 0.207. The highest BCUT2D eigenvalue weighted by atomic mass is 79.9. The summed E-state index contributed by atoms with van der Waals surface area (Å²) >= 11 is 3.25. The number of aromatic hydroxyl groups is 1. The van der Waals surface area contributed by atoms with Crippen LogP contribution in [0.1, 0.15) is 16.8 Å². The first-order valence-electron chi connectivity index (χ1n) is 5.62. The number of hydrogen-bond acceptors (Lipinski definition) is 3. The first-order chi connectivity index (χ1) is 8.58. The van der Waals surface area contributed by atoms with Crippen molar-refractivity contribution in [1.82, 2.24) is 10.2 Å². The van der Waals surface area contributed by atoms with Gasteiger partial charge in [0.1, 0.15) is 5.75 Å². The van der Waals surface area contributed by atoms with Gasteiger partial charge >= 0.3 is 0 Å². The van der Waals surface area contributed by atoms with Gasteiger partial charge in [-0.1, -0.05) is 15.9 Å². The molecule has 0 saturated carbocycles. The van der Waals surface area contributed by atoms with Crippen molar-refractivity contribution >= 4 is 27.7 Å². The summed E-state index contributed by atoms with van der Waals surface area (Å²) in [6, 6.07) is 4.66. The molecule has 0 radical (unpaired) electrons. The van der Waals surface area contributed by atoms with Gasteiger partial charge < -0.3 is 15.3 Å². The van der Waals surface area contributed by atoms with Gasteiger partial charge in [-0.15, -0.1) is 0 Å². The Labute approximate surface area is 113 Å². The first kappa shape index (κ1) is 12.9. The van der Waals surface area contributed by atoms with E-state index in [1.165, 1.54) is 11.0 Å². The summed E-state index contributed by atoms with van der Waals surface area (Å²) in [6.07, 6.45) is 0.715. The Morgan fingerprint density at radius 3 is 3.00 bits per heavy atom. The highest BCUT2D eigenvalue weighted by molar-refractivity contribution is 9.10. The molecule has 0 bridgehead atoms. The lowest BCUT2D eigenvalue weighted by molar-refractivity contribution is -0.121. The van der Waals surface area contributed by atoms with E-state index in [9.17, 15) is 14.7 Å². The van der Waals surface area contributed by atoms with Crippen molar-refractivity contribution in [1.29, 1.82) is 0 Å². The molecular weight excluding hydrogens is 300 g/mol. The van der Waals surface area contributed by atoms with E-state index in [-0.39, 0.29) is 29.7 Å². The zero-order valence-electron chi connectivity index (χ0n) is 9.65. The topological polar surface area (TPSA) is 69.6 Å². The number of halogens is 1. The highest BCUT2D eigenvalue weighted by Gasteiger charge is 2.23. The van der Waals surface area contributed by atoms with Crippen LogP contribution in [-0.2, 0) is 4.79 Å². The second-order valence-electron chi connectivity index (χ2n) is 4.09. The van der Waals surface area contributed by atoms with Gasteiger partial charge in [-0.2, -0.15) is 0 Å². The molecular formula is C12H13BrN2O3. The van der Waals surface area contributed by atoms with E-state index in [0.29, 0.717) is 24.0 Å². The fraction of sp³-hybridized carbons (Fsp3) is 0.333. The molecule has 2 N–H and O–H groups in total. The van der Waals surface area contributed by atoms with Crippen LogP contribution in [0.25, 0.3) is 0 Å². The van der Waals surface area contributed by atoms with Crippen LogP contribution in [0.3, 0.4) is 0 Å². The van der Waals surface area contributed by atoms with E-state index in [1.807, 2.05) is 0 Å².